The van der Waals surface area contributed by atoms with Crippen molar-refractivity contribution in [2.24, 2.45) is 0 Å². The van der Waals surface area contributed by atoms with Crippen LogP contribution >= 0.6 is 11.3 Å². The van der Waals surface area contributed by atoms with Crippen molar-refractivity contribution in [3.05, 3.63) is 22.7 Å². The number of fused-ring (bicyclic) bond motifs is 3. The van der Waals surface area contributed by atoms with E-state index in [1.807, 2.05) is 13.0 Å². The second-order valence-electron chi connectivity index (χ2n) is 9.56. The minimum absolute atomic E-state index is 0.0140. The lowest BCUT2D eigenvalue weighted by Crippen LogP contribution is -2.66. The van der Waals surface area contributed by atoms with E-state index in [1.165, 1.54) is 11.3 Å². The maximum atomic E-state index is 13.7. The van der Waals surface area contributed by atoms with Gasteiger partial charge in [-0.15, -0.1) is 11.3 Å². The van der Waals surface area contributed by atoms with Crippen LogP contribution in [0.2, 0.25) is 0 Å². The molecule has 0 spiro atoms. The van der Waals surface area contributed by atoms with Gasteiger partial charge in [-0.3, -0.25) is 9.59 Å². The Morgan fingerprint density at radius 1 is 1.23 bits per heavy atom. The molecule has 6 nitrogen and oxygen atoms in total. The molecular weight excluding hydrogens is 410 g/mol. The van der Waals surface area contributed by atoms with E-state index in [0.29, 0.717) is 18.8 Å². The summed E-state index contributed by atoms with van der Waals surface area (Å²) in [5.41, 5.74) is 0.858. The minimum atomic E-state index is -0.923. The van der Waals surface area contributed by atoms with Crippen molar-refractivity contribution < 1.29 is 14.3 Å². The number of hydrogen-bond acceptors (Lipinski definition) is 4. The molecule has 3 aliphatic rings. The smallest absolute Gasteiger partial charge is 0.271 e. The van der Waals surface area contributed by atoms with Crippen molar-refractivity contribution >= 4 is 33.4 Å². The zero-order valence-electron chi connectivity index (χ0n) is 18.6. The van der Waals surface area contributed by atoms with Gasteiger partial charge in [0, 0.05) is 24.1 Å². The van der Waals surface area contributed by atoms with Crippen molar-refractivity contribution in [1.82, 2.24) is 14.8 Å². The molecule has 0 bridgehead atoms. The maximum absolute atomic E-state index is 13.7. The monoisotopic (exact) mass is 443 g/mol. The summed E-state index contributed by atoms with van der Waals surface area (Å²) in [6, 6.07) is 4.42. The molecule has 1 N–H and O–H groups in total. The summed E-state index contributed by atoms with van der Waals surface area (Å²) in [6.45, 7) is 5.80. The van der Waals surface area contributed by atoms with E-state index in [0.717, 1.165) is 61.8 Å². The minimum Gasteiger partial charge on any atom is -0.376 e. The molecule has 2 unspecified atom stereocenters. The SMILES string of the molecule is CCc1cc2c(cc3n2CC(C)(C(=O)NC2CCCCC2)N(CC2CCCO2)C3=O)s1. The number of thiophene rings is 1. The molecule has 1 saturated heterocycles. The Hall–Kier alpha value is -1.86. The second-order valence-corrected chi connectivity index (χ2v) is 10.7. The molecule has 4 heterocycles. The molecule has 168 valence electrons. The zero-order valence-corrected chi connectivity index (χ0v) is 19.4. The Balaban J connectivity index is 1.50. The molecule has 2 amide bonds. The highest BCUT2D eigenvalue weighted by Gasteiger charge is 2.49. The fraction of sp³-hybridized carbons (Fsp3) is 0.667. The largest absolute Gasteiger partial charge is 0.376 e. The number of hydrogen-bond donors (Lipinski definition) is 1. The standard InChI is InChI=1S/C24H33N3O3S/c1-3-18-12-19-21(31-18)13-20-22(28)27(14-17-10-7-11-30-17)24(2,15-26(19)20)23(29)25-16-8-5-4-6-9-16/h12-13,16-17H,3-11,14-15H2,1-2H3,(H,25,29). The Kier molecular flexibility index (Phi) is 5.59. The summed E-state index contributed by atoms with van der Waals surface area (Å²) in [7, 11) is 0. The van der Waals surface area contributed by atoms with E-state index >= 15 is 0 Å². The predicted octanol–water partition coefficient (Wildman–Crippen LogP) is 4.11. The van der Waals surface area contributed by atoms with Crippen LogP contribution < -0.4 is 5.32 Å². The van der Waals surface area contributed by atoms with Gasteiger partial charge in [0.2, 0.25) is 5.91 Å². The zero-order chi connectivity index (χ0) is 21.6. The van der Waals surface area contributed by atoms with Gasteiger partial charge < -0.3 is 19.5 Å². The van der Waals surface area contributed by atoms with E-state index in [2.05, 4.69) is 22.9 Å². The summed E-state index contributed by atoms with van der Waals surface area (Å²) < 4.78 is 9.08. The molecule has 2 aromatic heterocycles. The predicted molar refractivity (Wildman–Crippen MR) is 123 cm³/mol. The van der Waals surface area contributed by atoms with Crippen LogP contribution in [-0.2, 0) is 22.5 Å². The third kappa shape index (κ3) is 3.69. The molecule has 2 aromatic rings. The lowest BCUT2D eigenvalue weighted by Gasteiger charge is -2.45. The molecule has 7 heteroatoms. The number of carbonyl (C=O) groups excluding carboxylic acids is 2. The molecule has 31 heavy (non-hydrogen) atoms. The van der Waals surface area contributed by atoms with Gasteiger partial charge in [0.1, 0.15) is 11.2 Å². The van der Waals surface area contributed by atoms with Crippen LogP contribution in [0.25, 0.3) is 10.2 Å². The summed E-state index contributed by atoms with van der Waals surface area (Å²) in [5, 5.41) is 3.31. The second kappa shape index (κ2) is 8.24. The van der Waals surface area contributed by atoms with Crippen molar-refractivity contribution in [2.45, 2.75) is 89.4 Å². The van der Waals surface area contributed by atoms with Crippen LogP contribution in [-0.4, -0.2) is 52.1 Å². The fourth-order valence-electron chi connectivity index (χ4n) is 5.43. The molecular formula is C24H33N3O3S. The lowest BCUT2D eigenvalue weighted by atomic mass is 9.91. The first-order valence-electron chi connectivity index (χ1n) is 11.9. The van der Waals surface area contributed by atoms with Gasteiger partial charge in [0.15, 0.2) is 0 Å². The Labute approximate surface area is 187 Å². The maximum Gasteiger partial charge on any atom is 0.271 e. The number of nitrogens with zero attached hydrogens (tertiary/aromatic N) is 2. The normalized spacial score (nSPS) is 27.1. The topological polar surface area (TPSA) is 63.6 Å². The Bertz CT molecular complexity index is 984. The van der Waals surface area contributed by atoms with Gasteiger partial charge in [0.05, 0.1) is 22.9 Å². The first-order valence-corrected chi connectivity index (χ1v) is 12.7. The van der Waals surface area contributed by atoms with E-state index < -0.39 is 5.54 Å². The average Bonchev–Trinajstić information content (AvgIpc) is 3.49. The van der Waals surface area contributed by atoms with E-state index in [9.17, 15) is 9.59 Å². The van der Waals surface area contributed by atoms with Crippen LogP contribution in [0.4, 0.5) is 0 Å². The summed E-state index contributed by atoms with van der Waals surface area (Å²) in [4.78, 5) is 30.5. The third-order valence-electron chi connectivity index (χ3n) is 7.35. The summed E-state index contributed by atoms with van der Waals surface area (Å²) >= 11 is 1.75. The number of aromatic nitrogens is 1. The number of carbonyl (C=O) groups is 2. The van der Waals surface area contributed by atoms with Crippen LogP contribution in [0, 0.1) is 0 Å². The highest BCUT2D eigenvalue weighted by molar-refractivity contribution is 7.19. The van der Waals surface area contributed by atoms with Crippen LogP contribution in [0.1, 0.15) is 74.2 Å². The molecule has 2 fully saturated rings. The Morgan fingerprint density at radius 3 is 2.74 bits per heavy atom. The third-order valence-corrected chi connectivity index (χ3v) is 8.57. The quantitative estimate of drug-likeness (QED) is 0.757. The fourth-order valence-corrected chi connectivity index (χ4v) is 6.47. The number of aryl methyl sites for hydroxylation is 1. The van der Waals surface area contributed by atoms with Crippen molar-refractivity contribution in [2.75, 3.05) is 13.2 Å². The highest BCUT2D eigenvalue weighted by Crippen LogP contribution is 2.37. The molecule has 5 rings (SSSR count). The molecule has 2 atom stereocenters. The van der Waals surface area contributed by atoms with Gasteiger partial charge in [0.25, 0.3) is 5.91 Å². The van der Waals surface area contributed by atoms with Gasteiger partial charge >= 0.3 is 0 Å². The Morgan fingerprint density at radius 2 is 2.03 bits per heavy atom. The van der Waals surface area contributed by atoms with Crippen molar-refractivity contribution in [3.8, 4) is 0 Å². The molecule has 0 aromatic carbocycles. The first kappa shape index (κ1) is 21.0. The van der Waals surface area contributed by atoms with Crippen molar-refractivity contribution in [1.29, 1.82) is 0 Å². The average molecular weight is 444 g/mol. The van der Waals surface area contributed by atoms with E-state index in [1.54, 1.807) is 16.2 Å². The highest BCUT2D eigenvalue weighted by atomic mass is 32.1. The van der Waals surface area contributed by atoms with Gasteiger partial charge in [-0.25, -0.2) is 0 Å². The van der Waals surface area contributed by atoms with Gasteiger partial charge in [-0.1, -0.05) is 26.2 Å². The van der Waals surface area contributed by atoms with Crippen LogP contribution in [0.3, 0.4) is 0 Å². The van der Waals surface area contributed by atoms with Gasteiger partial charge in [-0.05, 0) is 51.2 Å². The molecule has 1 saturated carbocycles. The number of rotatable bonds is 5. The summed E-state index contributed by atoms with van der Waals surface area (Å²) in [6.07, 6.45) is 8.59. The first-order chi connectivity index (χ1) is 15.0. The number of nitrogens with one attached hydrogen (secondary N) is 1. The van der Waals surface area contributed by atoms with Crippen LogP contribution in [0.15, 0.2) is 12.1 Å². The summed E-state index contributed by atoms with van der Waals surface area (Å²) in [5.74, 6) is -0.0753. The van der Waals surface area contributed by atoms with Gasteiger partial charge in [-0.2, -0.15) is 0 Å². The number of ether oxygens (including phenoxy) is 1. The molecule has 0 radical (unpaired) electrons. The molecule has 1 aliphatic carbocycles. The van der Waals surface area contributed by atoms with E-state index in [4.69, 9.17) is 4.74 Å². The van der Waals surface area contributed by atoms with E-state index in [-0.39, 0.29) is 24.0 Å². The van der Waals surface area contributed by atoms with Crippen molar-refractivity contribution in [3.63, 3.8) is 0 Å². The lowest BCUT2D eigenvalue weighted by molar-refractivity contribution is -0.134. The molecule has 2 aliphatic heterocycles. The number of amides is 2. The van der Waals surface area contributed by atoms with Crippen LogP contribution in [0.5, 0.6) is 0 Å².